The van der Waals surface area contributed by atoms with Gasteiger partial charge in [0.05, 0.1) is 5.75 Å². The van der Waals surface area contributed by atoms with Gasteiger partial charge in [-0.15, -0.1) is 0 Å². The molecule has 0 bridgehead atoms. The summed E-state index contributed by atoms with van der Waals surface area (Å²) in [7, 11) is -4.02. The van der Waals surface area contributed by atoms with E-state index in [2.05, 4.69) is 5.32 Å². The third-order valence-corrected chi connectivity index (χ3v) is 3.53. The van der Waals surface area contributed by atoms with E-state index in [0.717, 1.165) is 25.7 Å². The zero-order chi connectivity index (χ0) is 11.5. The van der Waals surface area contributed by atoms with Gasteiger partial charge in [0.15, 0.2) is 0 Å². The maximum Gasteiger partial charge on any atom is 0.266 e. The van der Waals surface area contributed by atoms with Crippen molar-refractivity contribution in [2.75, 3.05) is 5.75 Å². The van der Waals surface area contributed by atoms with Crippen molar-refractivity contribution in [1.82, 2.24) is 5.32 Å². The van der Waals surface area contributed by atoms with E-state index >= 15 is 0 Å². The van der Waals surface area contributed by atoms with E-state index in [1.165, 1.54) is 6.92 Å². The third kappa shape index (κ3) is 4.61. The molecule has 1 rings (SSSR count). The van der Waals surface area contributed by atoms with Gasteiger partial charge in [0, 0.05) is 13.0 Å². The Hall–Kier alpha value is -0.620. The van der Waals surface area contributed by atoms with Gasteiger partial charge in [0.25, 0.3) is 10.1 Å². The predicted octanol–water partition coefficient (Wildman–Crippen LogP) is 0.569. The van der Waals surface area contributed by atoms with Crippen molar-refractivity contribution in [3.05, 3.63) is 0 Å². The topological polar surface area (TPSA) is 83.5 Å². The molecule has 5 nitrogen and oxygen atoms in total. The second-order valence-electron chi connectivity index (χ2n) is 4.10. The fourth-order valence-electron chi connectivity index (χ4n) is 2.14. The lowest BCUT2D eigenvalue weighted by atomic mass is 10.00. The van der Waals surface area contributed by atoms with Crippen molar-refractivity contribution in [2.24, 2.45) is 5.92 Å². The Morgan fingerprint density at radius 2 is 2.00 bits per heavy atom. The first-order chi connectivity index (χ1) is 6.88. The van der Waals surface area contributed by atoms with Crippen molar-refractivity contribution in [3.63, 3.8) is 0 Å². The molecule has 0 aromatic carbocycles. The van der Waals surface area contributed by atoms with E-state index in [4.69, 9.17) is 4.55 Å². The SMILES string of the molecule is CC(=O)NC(CS(=O)(=O)O)C1CCCC1. The first-order valence-electron chi connectivity index (χ1n) is 5.11. The van der Waals surface area contributed by atoms with E-state index < -0.39 is 16.2 Å². The number of hydrogen-bond donors (Lipinski definition) is 2. The lowest BCUT2D eigenvalue weighted by molar-refractivity contribution is -0.119. The summed E-state index contributed by atoms with van der Waals surface area (Å²) in [4.78, 5) is 10.9. The smallest absolute Gasteiger partial charge is 0.266 e. The number of amides is 1. The molecule has 0 saturated heterocycles. The number of rotatable bonds is 4. The molecule has 1 aliphatic carbocycles. The molecule has 1 aliphatic rings. The number of hydrogen-bond acceptors (Lipinski definition) is 3. The quantitative estimate of drug-likeness (QED) is 0.698. The summed E-state index contributed by atoms with van der Waals surface area (Å²) >= 11 is 0. The molecule has 0 spiro atoms. The lowest BCUT2D eigenvalue weighted by Gasteiger charge is -2.22. The van der Waals surface area contributed by atoms with Gasteiger partial charge in [-0.05, 0) is 18.8 Å². The fourth-order valence-corrected chi connectivity index (χ4v) is 2.95. The molecule has 0 radical (unpaired) electrons. The molecule has 1 unspecified atom stereocenters. The molecular weight excluding hydrogens is 218 g/mol. The second-order valence-corrected chi connectivity index (χ2v) is 5.60. The van der Waals surface area contributed by atoms with Gasteiger partial charge in [0.2, 0.25) is 5.91 Å². The minimum atomic E-state index is -4.02. The molecule has 6 heteroatoms. The van der Waals surface area contributed by atoms with Crippen LogP contribution in [0.1, 0.15) is 32.6 Å². The highest BCUT2D eigenvalue weighted by Gasteiger charge is 2.29. The number of carbonyl (C=O) groups is 1. The molecule has 88 valence electrons. The monoisotopic (exact) mass is 235 g/mol. The number of nitrogens with one attached hydrogen (secondary N) is 1. The fraction of sp³-hybridized carbons (Fsp3) is 0.889. The highest BCUT2D eigenvalue weighted by Crippen LogP contribution is 2.28. The van der Waals surface area contributed by atoms with Crippen molar-refractivity contribution in [3.8, 4) is 0 Å². The van der Waals surface area contributed by atoms with Crippen LogP contribution in [0, 0.1) is 5.92 Å². The average Bonchev–Trinajstić information content (AvgIpc) is 2.50. The van der Waals surface area contributed by atoms with Crippen LogP contribution in [0.4, 0.5) is 0 Å². The Morgan fingerprint density at radius 1 is 1.47 bits per heavy atom. The second kappa shape index (κ2) is 4.94. The Balaban J connectivity index is 2.63. The van der Waals surface area contributed by atoms with Gasteiger partial charge < -0.3 is 5.32 Å². The zero-order valence-electron chi connectivity index (χ0n) is 8.77. The van der Waals surface area contributed by atoms with Gasteiger partial charge in [-0.25, -0.2) is 0 Å². The minimum absolute atomic E-state index is 0.177. The van der Waals surface area contributed by atoms with E-state index in [9.17, 15) is 13.2 Å². The van der Waals surface area contributed by atoms with Gasteiger partial charge in [-0.3, -0.25) is 9.35 Å². The maximum absolute atomic E-state index is 10.9. The predicted molar refractivity (Wildman–Crippen MR) is 56.0 cm³/mol. The molecule has 1 fully saturated rings. The van der Waals surface area contributed by atoms with E-state index in [1.807, 2.05) is 0 Å². The summed E-state index contributed by atoms with van der Waals surface area (Å²) in [6.07, 6.45) is 3.96. The highest BCUT2D eigenvalue weighted by molar-refractivity contribution is 7.85. The van der Waals surface area contributed by atoms with Crippen molar-refractivity contribution in [2.45, 2.75) is 38.6 Å². The Morgan fingerprint density at radius 3 is 2.40 bits per heavy atom. The standard InChI is InChI=1S/C9H17NO4S/c1-7(11)10-9(6-15(12,13)14)8-4-2-3-5-8/h8-9H,2-6H2,1H3,(H,10,11)(H,12,13,14). The normalized spacial score (nSPS) is 20.1. The summed E-state index contributed by atoms with van der Waals surface area (Å²) in [5.41, 5.74) is 0. The minimum Gasteiger partial charge on any atom is -0.352 e. The summed E-state index contributed by atoms with van der Waals surface area (Å²) in [5, 5.41) is 2.60. The maximum atomic E-state index is 10.9. The van der Waals surface area contributed by atoms with Gasteiger partial charge in [-0.1, -0.05) is 12.8 Å². The first-order valence-corrected chi connectivity index (χ1v) is 6.71. The van der Waals surface area contributed by atoms with Crippen molar-refractivity contribution in [1.29, 1.82) is 0 Å². The summed E-state index contributed by atoms with van der Waals surface area (Å²) in [5.74, 6) is -0.455. The molecule has 1 saturated carbocycles. The van der Waals surface area contributed by atoms with E-state index in [0.29, 0.717) is 0 Å². The molecule has 0 aromatic rings. The van der Waals surface area contributed by atoms with Crippen LogP contribution in [0.25, 0.3) is 0 Å². The molecule has 2 N–H and O–H groups in total. The third-order valence-electron chi connectivity index (χ3n) is 2.75. The average molecular weight is 235 g/mol. The first kappa shape index (κ1) is 12.4. The largest absolute Gasteiger partial charge is 0.352 e. The molecule has 0 aliphatic heterocycles. The molecule has 1 amide bonds. The van der Waals surface area contributed by atoms with Crippen LogP contribution in [0.3, 0.4) is 0 Å². The van der Waals surface area contributed by atoms with Crippen molar-refractivity contribution < 1.29 is 17.8 Å². The highest BCUT2D eigenvalue weighted by atomic mass is 32.2. The molecule has 0 aromatic heterocycles. The molecule has 1 atom stereocenters. The van der Waals surface area contributed by atoms with Crippen LogP contribution in [-0.4, -0.2) is 30.7 Å². The molecule has 15 heavy (non-hydrogen) atoms. The van der Waals surface area contributed by atoms with Crippen LogP contribution in [0.15, 0.2) is 0 Å². The van der Waals surface area contributed by atoms with E-state index in [1.54, 1.807) is 0 Å². The zero-order valence-corrected chi connectivity index (χ0v) is 9.59. The lowest BCUT2D eigenvalue weighted by Crippen LogP contribution is -2.43. The van der Waals surface area contributed by atoms with Crippen LogP contribution in [0.5, 0.6) is 0 Å². The molecular formula is C9H17NO4S. The summed E-state index contributed by atoms with van der Waals surface area (Å²) in [6.45, 7) is 1.35. The van der Waals surface area contributed by atoms with Crippen LogP contribution in [-0.2, 0) is 14.9 Å². The van der Waals surface area contributed by atoms with Crippen LogP contribution in [0.2, 0.25) is 0 Å². The Kier molecular flexibility index (Phi) is 4.10. The van der Waals surface area contributed by atoms with Gasteiger partial charge in [-0.2, -0.15) is 8.42 Å². The van der Waals surface area contributed by atoms with Gasteiger partial charge >= 0.3 is 0 Å². The summed E-state index contributed by atoms with van der Waals surface area (Å²) < 4.78 is 30.4. The van der Waals surface area contributed by atoms with Crippen LogP contribution >= 0.6 is 0 Å². The number of carbonyl (C=O) groups excluding carboxylic acids is 1. The Bertz CT molecular complexity index is 319. The molecule has 0 heterocycles. The van der Waals surface area contributed by atoms with Gasteiger partial charge in [0.1, 0.15) is 0 Å². The van der Waals surface area contributed by atoms with E-state index in [-0.39, 0.29) is 17.6 Å². The Labute approximate surface area is 90.0 Å². The van der Waals surface area contributed by atoms with Crippen LogP contribution < -0.4 is 5.32 Å². The summed E-state index contributed by atoms with van der Waals surface area (Å²) in [6, 6.07) is -0.444. The van der Waals surface area contributed by atoms with Crippen molar-refractivity contribution >= 4 is 16.0 Å².